The van der Waals surface area contributed by atoms with Crippen molar-refractivity contribution < 1.29 is 51.6 Å². The van der Waals surface area contributed by atoms with E-state index in [0.29, 0.717) is 5.56 Å². The van der Waals surface area contributed by atoms with Gasteiger partial charge in [0.15, 0.2) is 0 Å². The van der Waals surface area contributed by atoms with Crippen LogP contribution in [0.3, 0.4) is 0 Å². The third-order valence-corrected chi connectivity index (χ3v) is 10.4. The molecule has 0 unspecified atom stereocenters. The Morgan fingerprint density at radius 2 is 0.946 bits per heavy atom. The van der Waals surface area contributed by atoms with Gasteiger partial charge in [-0.15, -0.1) is 0 Å². The van der Waals surface area contributed by atoms with Crippen LogP contribution >= 0.6 is 10.3 Å². The second-order valence-electron chi connectivity index (χ2n) is 7.68. The zero-order valence-corrected chi connectivity index (χ0v) is 20.2. The Kier molecular flexibility index (Phi) is 7.45. The quantitative estimate of drug-likeness (QED) is 0.256. The van der Waals surface area contributed by atoms with E-state index in [2.05, 4.69) is 0 Å². The van der Waals surface area contributed by atoms with Crippen molar-refractivity contribution in [1.29, 1.82) is 0 Å². The van der Waals surface area contributed by atoms with Gasteiger partial charge in [0.05, 0.1) is 0 Å². The maximum Gasteiger partial charge on any atom is 0.460 e. The molecule has 14 heteroatoms. The van der Waals surface area contributed by atoms with Crippen molar-refractivity contribution in [3.05, 3.63) is 90.5 Å². The van der Waals surface area contributed by atoms with Gasteiger partial charge >= 0.3 is 33.4 Å². The van der Waals surface area contributed by atoms with E-state index < -0.39 is 43.7 Å². The van der Waals surface area contributed by atoms with E-state index in [4.69, 9.17) is 3.63 Å². The Labute approximate surface area is 207 Å². The van der Waals surface area contributed by atoms with E-state index in [9.17, 15) is 47.9 Å². The molecule has 0 aliphatic carbocycles. The minimum absolute atomic E-state index is 0.138. The first-order valence-electron chi connectivity index (χ1n) is 10.1. The molecule has 0 spiro atoms. The number of benzene rings is 3. The highest BCUT2D eigenvalue weighted by Gasteiger charge is 2.86. The molecule has 202 valence electrons. The van der Waals surface area contributed by atoms with Crippen LogP contribution in [0.25, 0.3) is 0 Å². The summed E-state index contributed by atoms with van der Waals surface area (Å²) in [5.74, 6) is -14.8. The van der Waals surface area contributed by atoms with Gasteiger partial charge in [-0.1, -0.05) is 54.1 Å². The Bertz CT molecular complexity index is 1290. The van der Waals surface area contributed by atoms with Gasteiger partial charge in [0.1, 0.15) is 0 Å². The monoisotopic (exact) mass is 576 g/mol. The molecule has 0 aliphatic heterocycles. The number of rotatable bonds is 8. The van der Waals surface area contributed by atoms with Crippen molar-refractivity contribution in [2.45, 2.75) is 44.9 Å². The Morgan fingerprint density at radius 1 is 0.568 bits per heavy atom. The maximum atomic E-state index is 14.7. The highest BCUT2D eigenvalue weighted by atomic mass is 32.3. The van der Waals surface area contributed by atoms with Crippen LogP contribution in [0, 0.1) is 6.92 Å². The average molecular weight is 577 g/mol. The number of hydrogen-bond donors (Lipinski definition) is 0. The molecule has 0 bridgehead atoms. The highest BCUT2D eigenvalue weighted by Crippen LogP contribution is 2.71. The molecule has 3 rings (SSSR count). The summed E-state index contributed by atoms with van der Waals surface area (Å²) in [6, 6.07) is 18.5. The minimum Gasteiger partial charge on any atom is -0.202 e. The highest BCUT2D eigenvalue weighted by molar-refractivity contribution is 8.33. The van der Waals surface area contributed by atoms with Gasteiger partial charge in [-0.25, -0.2) is 3.63 Å². The Morgan fingerprint density at radius 3 is 1.32 bits per heavy atom. The topological polar surface area (TPSA) is 43.4 Å². The molecule has 0 radical (unpaired) electrons. The fourth-order valence-corrected chi connectivity index (χ4v) is 8.39. The first-order valence-corrected chi connectivity index (χ1v) is 13.0. The third-order valence-electron chi connectivity index (χ3n) is 5.12. The van der Waals surface area contributed by atoms with Crippen LogP contribution in [0.5, 0.6) is 0 Å². The van der Waals surface area contributed by atoms with E-state index >= 15 is 0 Å². The van der Waals surface area contributed by atoms with Crippen LogP contribution in [0.2, 0.25) is 0 Å². The van der Waals surface area contributed by atoms with Crippen LogP contribution in [0.15, 0.2) is 99.6 Å². The molecule has 0 amide bonds. The molecule has 3 aromatic carbocycles. The van der Waals surface area contributed by atoms with Crippen molar-refractivity contribution in [2.75, 3.05) is 0 Å². The van der Waals surface area contributed by atoms with Gasteiger partial charge in [-0.05, 0) is 53.6 Å². The van der Waals surface area contributed by atoms with Gasteiger partial charge < -0.3 is 0 Å². The zero-order valence-electron chi connectivity index (χ0n) is 18.5. The van der Waals surface area contributed by atoms with Crippen LogP contribution in [0.1, 0.15) is 5.56 Å². The van der Waals surface area contributed by atoms with Crippen molar-refractivity contribution in [2.24, 2.45) is 0 Å². The molecule has 0 aliphatic rings. The summed E-state index contributed by atoms with van der Waals surface area (Å²) in [6.45, 7) is 1.62. The molecular weight excluding hydrogens is 559 g/mol. The molecule has 37 heavy (non-hydrogen) atoms. The van der Waals surface area contributed by atoms with Crippen LogP contribution < -0.4 is 0 Å². The zero-order chi connectivity index (χ0) is 27.9. The number of alkyl halides is 9. The number of halogens is 9. The molecule has 3 aromatic rings. The second kappa shape index (κ2) is 9.55. The average Bonchev–Trinajstić information content (AvgIpc) is 2.83. The lowest BCUT2D eigenvalue weighted by Gasteiger charge is -2.41. The van der Waals surface area contributed by atoms with E-state index in [0.717, 1.165) is 0 Å². The molecule has 0 atom stereocenters. The van der Waals surface area contributed by atoms with Gasteiger partial charge in [-0.2, -0.15) is 47.9 Å². The standard InChI is InChI=1S/C23H17F9O3S2/c1-16-12-14-19(15-13-16)36(17-8-4-2-5-9-17,18-10-6-3-7-11-18)35-37(33,34)23(31,32)21(26,27)20(24,25)22(28,29)30/h2-15H,1H3. The Hall–Kier alpha value is -2.71. The van der Waals surface area contributed by atoms with Crippen molar-refractivity contribution in [1.82, 2.24) is 0 Å². The normalized spacial score (nSPS) is 14.4. The van der Waals surface area contributed by atoms with E-state index in [1.54, 1.807) is 6.92 Å². The van der Waals surface area contributed by atoms with Crippen molar-refractivity contribution in [3.8, 4) is 0 Å². The van der Waals surface area contributed by atoms with E-state index in [1.807, 2.05) is 0 Å². The molecule has 0 heterocycles. The summed E-state index contributed by atoms with van der Waals surface area (Å²) in [7, 11) is -11.2. The summed E-state index contributed by atoms with van der Waals surface area (Å²) >= 11 is 0. The van der Waals surface area contributed by atoms with Crippen LogP contribution in [-0.4, -0.2) is 31.7 Å². The Balaban J connectivity index is 2.34. The molecule has 3 nitrogen and oxygen atoms in total. The lowest BCUT2D eigenvalue weighted by Crippen LogP contribution is -2.63. The molecule has 0 fully saturated rings. The second-order valence-corrected chi connectivity index (χ2v) is 12.2. The minimum atomic E-state index is -7.43. The largest absolute Gasteiger partial charge is 0.460 e. The van der Waals surface area contributed by atoms with E-state index in [1.165, 1.54) is 84.9 Å². The number of hydrogen-bond acceptors (Lipinski definition) is 3. The third kappa shape index (κ3) is 4.70. The summed E-state index contributed by atoms with van der Waals surface area (Å²) < 4.78 is 153. The van der Waals surface area contributed by atoms with Gasteiger partial charge in [0.2, 0.25) is 0 Å². The molecule has 0 saturated heterocycles. The van der Waals surface area contributed by atoms with E-state index in [-0.39, 0.29) is 14.7 Å². The predicted octanol–water partition coefficient (Wildman–Crippen LogP) is 7.96. The first-order chi connectivity index (χ1) is 16.9. The predicted molar refractivity (Wildman–Crippen MR) is 117 cm³/mol. The molecule has 0 aromatic heterocycles. The summed E-state index contributed by atoms with van der Waals surface area (Å²) in [6.07, 6.45) is -7.20. The summed E-state index contributed by atoms with van der Waals surface area (Å²) in [5.41, 5.74) is 0.614. The molecule has 0 saturated carbocycles. The fourth-order valence-electron chi connectivity index (χ4n) is 3.18. The van der Waals surface area contributed by atoms with Crippen LogP contribution in [-0.2, 0) is 13.7 Å². The van der Waals surface area contributed by atoms with Gasteiger partial charge in [-0.3, -0.25) is 0 Å². The van der Waals surface area contributed by atoms with Crippen molar-refractivity contribution in [3.63, 3.8) is 0 Å². The first kappa shape index (κ1) is 28.9. The van der Waals surface area contributed by atoms with Crippen molar-refractivity contribution >= 4 is 20.4 Å². The summed E-state index contributed by atoms with van der Waals surface area (Å²) in [4.78, 5) is -0.425. The molecule has 0 N–H and O–H groups in total. The smallest absolute Gasteiger partial charge is 0.202 e. The maximum absolute atomic E-state index is 14.7. The van der Waals surface area contributed by atoms with Crippen LogP contribution in [0.4, 0.5) is 39.5 Å². The van der Waals surface area contributed by atoms with Gasteiger partial charge in [0, 0.05) is 14.7 Å². The number of aryl methyl sites for hydroxylation is 1. The van der Waals surface area contributed by atoms with Gasteiger partial charge in [0.25, 0.3) is 0 Å². The molecular formula is C23H17F9O3S2. The lowest BCUT2D eigenvalue weighted by atomic mass is 10.1. The summed E-state index contributed by atoms with van der Waals surface area (Å²) in [5, 5.41) is -7.01. The SMILES string of the molecule is Cc1ccc(S(OS(=O)(=O)C(F)(F)C(F)(F)C(F)(F)C(F)(F)F)(c2ccccc2)c2ccccc2)cc1. The lowest BCUT2D eigenvalue weighted by molar-refractivity contribution is -0.382. The fraction of sp³-hybridized carbons (Fsp3) is 0.217.